The van der Waals surface area contributed by atoms with Crippen LogP contribution >= 0.6 is 0 Å². The molecular formula is C20H21N3O3Y-2. The van der Waals surface area contributed by atoms with E-state index in [0.29, 0.717) is 11.5 Å². The van der Waals surface area contributed by atoms with Crippen LogP contribution in [0.5, 0.6) is 0 Å². The van der Waals surface area contributed by atoms with Gasteiger partial charge in [-0.1, -0.05) is 26.8 Å². The summed E-state index contributed by atoms with van der Waals surface area (Å²) in [6.45, 7) is 5.94. The van der Waals surface area contributed by atoms with Crippen molar-refractivity contribution in [3.8, 4) is 0 Å². The molecule has 0 aliphatic heterocycles. The van der Waals surface area contributed by atoms with E-state index in [0.717, 1.165) is 5.56 Å². The average Bonchev–Trinajstić information content (AvgIpc) is 3.02. The summed E-state index contributed by atoms with van der Waals surface area (Å²) in [7, 11) is 0. The number of rotatable bonds is 2. The zero-order valence-corrected chi connectivity index (χ0v) is 18.6. The van der Waals surface area contributed by atoms with E-state index in [9.17, 15) is 9.59 Å². The molecule has 2 N–H and O–H groups in total. The number of aromatic amines is 2. The SMILES string of the molecule is CC(C)(C)c1ocnc1/C=c1\[nH]c(=O)/c(=C/c2c[c-]ccc2)[nH]c1=O.[CH3-].[Y]. The van der Waals surface area contributed by atoms with E-state index in [-0.39, 0.29) is 56.2 Å². The summed E-state index contributed by atoms with van der Waals surface area (Å²) in [5, 5.41) is 0.305. The van der Waals surface area contributed by atoms with Crippen LogP contribution < -0.4 is 21.8 Å². The summed E-state index contributed by atoms with van der Waals surface area (Å²) >= 11 is 0. The summed E-state index contributed by atoms with van der Waals surface area (Å²) in [4.78, 5) is 33.9. The third kappa shape index (κ3) is 5.47. The normalized spacial score (nSPS) is 12.4. The molecular weight excluding hydrogens is 419 g/mol. The van der Waals surface area contributed by atoms with Gasteiger partial charge in [0.15, 0.2) is 6.39 Å². The Balaban J connectivity index is 0.00000182. The molecule has 0 amide bonds. The van der Waals surface area contributed by atoms with Gasteiger partial charge in [-0.2, -0.15) is 30.3 Å². The van der Waals surface area contributed by atoms with Gasteiger partial charge in [-0.15, -0.1) is 5.56 Å². The maximum Gasteiger partial charge on any atom is 0.272 e. The summed E-state index contributed by atoms with van der Waals surface area (Å²) in [5.74, 6) is 0.642. The minimum absolute atomic E-state index is 0. The average molecular weight is 440 g/mol. The van der Waals surface area contributed by atoms with Crippen LogP contribution in [-0.4, -0.2) is 15.0 Å². The van der Waals surface area contributed by atoms with Crippen molar-refractivity contribution in [2.75, 3.05) is 0 Å². The number of oxazole rings is 1. The summed E-state index contributed by atoms with van der Waals surface area (Å²) in [6.07, 6.45) is 4.44. The standard InChI is InChI=1S/C19H18N3O3.CH3.Y/c1-19(2,3)16-13(20-11-25-16)10-15-18(24)21-14(17(23)22-15)9-12-7-5-4-6-8-12;;/h4-5,7-11H,1-3H3,(H,21,24)(H,22,23);1H3;/q2*-1;/b14-9-,15-10-;;. The van der Waals surface area contributed by atoms with Crippen LogP contribution in [-0.2, 0) is 38.1 Å². The Kier molecular flexibility index (Phi) is 7.87. The van der Waals surface area contributed by atoms with Crippen LogP contribution in [0.15, 0.2) is 44.7 Å². The number of benzene rings is 1. The zero-order valence-electron chi connectivity index (χ0n) is 15.8. The van der Waals surface area contributed by atoms with Gasteiger partial charge in [0, 0.05) is 38.1 Å². The second kappa shape index (κ2) is 9.24. The Labute approximate surface area is 182 Å². The topological polar surface area (TPSA) is 91.8 Å². The van der Waals surface area contributed by atoms with E-state index < -0.39 is 11.1 Å². The van der Waals surface area contributed by atoms with Gasteiger partial charge in [-0.25, -0.2) is 4.98 Å². The molecule has 0 aliphatic rings. The van der Waals surface area contributed by atoms with Crippen molar-refractivity contribution in [1.82, 2.24) is 15.0 Å². The van der Waals surface area contributed by atoms with Crippen molar-refractivity contribution in [3.63, 3.8) is 0 Å². The van der Waals surface area contributed by atoms with Crippen molar-refractivity contribution >= 4 is 12.2 Å². The van der Waals surface area contributed by atoms with Crippen molar-refractivity contribution in [2.45, 2.75) is 26.2 Å². The summed E-state index contributed by atoms with van der Waals surface area (Å²) in [5.41, 5.74) is 0.214. The quantitative estimate of drug-likeness (QED) is 0.587. The van der Waals surface area contributed by atoms with Crippen LogP contribution in [0.3, 0.4) is 0 Å². The molecule has 0 atom stereocenters. The van der Waals surface area contributed by atoms with Gasteiger partial charge < -0.3 is 21.8 Å². The smallest absolute Gasteiger partial charge is 0.272 e. The first-order valence-electron chi connectivity index (χ1n) is 7.81. The zero-order chi connectivity index (χ0) is 18.0. The monoisotopic (exact) mass is 440 g/mol. The van der Waals surface area contributed by atoms with Gasteiger partial charge in [-0.3, -0.25) is 9.59 Å². The number of hydrogen-bond acceptors (Lipinski definition) is 4. The van der Waals surface area contributed by atoms with E-state index >= 15 is 0 Å². The first kappa shape index (κ1) is 23.0. The fourth-order valence-corrected chi connectivity index (χ4v) is 2.42. The summed E-state index contributed by atoms with van der Waals surface area (Å²) in [6, 6.07) is 10.0. The van der Waals surface area contributed by atoms with Gasteiger partial charge in [0.05, 0.1) is 5.35 Å². The fraction of sp³-hybridized carbons (Fsp3) is 0.200. The molecule has 0 bridgehead atoms. The molecule has 0 spiro atoms. The van der Waals surface area contributed by atoms with Crippen molar-refractivity contribution < 1.29 is 37.1 Å². The Morgan fingerprint density at radius 1 is 1.11 bits per heavy atom. The van der Waals surface area contributed by atoms with Gasteiger partial charge in [-0.05, 0) is 6.08 Å². The summed E-state index contributed by atoms with van der Waals surface area (Å²) < 4.78 is 5.42. The minimum Gasteiger partial charge on any atom is -0.447 e. The van der Waals surface area contributed by atoms with E-state index in [1.807, 2.05) is 26.8 Å². The Morgan fingerprint density at radius 3 is 2.30 bits per heavy atom. The maximum absolute atomic E-state index is 12.3. The number of aromatic nitrogens is 3. The molecule has 6 nitrogen and oxygen atoms in total. The first-order valence-corrected chi connectivity index (χ1v) is 7.81. The molecule has 2 heterocycles. The molecule has 3 aromatic rings. The Hall–Kier alpha value is -2.05. The van der Waals surface area contributed by atoms with Crippen LogP contribution in [0.25, 0.3) is 12.2 Å². The van der Waals surface area contributed by atoms with Crippen molar-refractivity contribution in [1.29, 1.82) is 0 Å². The predicted molar refractivity (Wildman–Crippen MR) is 101 cm³/mol. The second-order valence-corrected chi connectivity index (χ2v) is 6.68. The first-order chi connectivity index (χ1) is 11.8. The molecule has 139 valence electrons. The predicted octanol–water partition coefficient (Wildman–Crippen LogP) is 1.25. The molecule has 2 aromatic heterocycles. The van der Waals surface area contributed by atoms with Gasteiger partial charge in [0.1, 0.15) is 16.8 Å². The molecule has 27 heavy (non-hydrogen) atoms. The fourth-order valence-electron chi connectivity index (χ4n) is 2.42. The number of nitrogens with one attached hydrogen (secondary N) is 2. The van der Waals surface area contributed by atoms with E-state index in [4.69, 9.17) is 4.42 Å². The molecule has 1 radical (unpaired) electrons. The van der Waals surface area contributed by atoms with Gasteiger partial charge in [0.2, 0.25) is 0 Å². The van der Waals surface area contributed by atoms with Crippen LogP contribution in [0.1, 0.15) is 37.8 Å². The van der Waals surface area contributed by atoms with Crippen molar-refractivity contribution in [2.24, 2.45) is 0 Å². The third-order valence-electron chi connectivity index (χ3n) is 3.59. The number of H-pyrrole nitrogens is 2. The van der Waals surface area contributed by atoms with E-state index in [1.54, 1.807) is 24.3 Å². The number of hydrogen-bond donors (Lipinski definition) is 2. The second-order valence-electron chi connectivity index (χ2n) is 6.68. The molecule has 7 heteroatoms. The Bertz CT molecular complexity index is 1120. The molecule has 3 rings (SSSR count). The molecule has 0 unspecified atom stereocenters. The van der Waals surface area contributed by atoms with E-state index in [1.165, 1.54) is 12.5 Å². The molecule has 0 fully saturated rings. The van der Waals surface area contributed by atoms with Crippen LogP contribution in [0.2, 0.25) is 0 Å². The van der Waals surface area contributed by atoms with Crippen LogP contribution in [0.4, 0.5) is 0 Å². The molecule has 1 aromatic carbocycles. The van der Waals surface area contributed by atoms with Gasteiger partial charge >= 0.3 is 0 Å². The maximum atomic E-state index is 12.3. The minimum atomic E-state index is -0.409. The van der Waals surface area contributed by atoms with E-state index in [2.05, 4.69) is 21.0 Å². The molecule has 0 aliphatic carbocycles. The Morgan fingerprint density at radius 2 is 1.74 bits per heavy atom. The van der Waals surface area contributed by atoms with Crippen molar-refractivity contribution in [3.05, 3.63) is 92.6 Å². The largest absolute Gasteiger partial charge is 0.447 e. The van der Waals surface area contributed by atoms with Crippen LogP contribution in [0, 0.1) is 13.5 Å². The molecule has 0 saturated heterocycles. The number of nitrogens with zero attached hydrogens (tertiary/aromatic N) is 1. The third-order valence-corrected chi connectivity index (χ3v) is 3.59. The van der Waals surface area contributed by atoms with Gasteiger partial charge in [0.25, 0.3) is 11.1 Å². The molecule has 0 saturated carbocycles.